The largest absolute Gasteiger partial charge is 0.416 e. The van der Waals surface area contributed by atoms with Gasteiger partial charge in [0.05, 0.1) is 0 Å². The number of hydrogen-bond acceptors (Lipinski definition) is 4. The standard InChI is InChI=1S/C26H42O3SSi/c1-9-28-24(23(27)18-13-11-10-12-14-18)30-22-16-19-15-21(26(19,5)6)20(22)17-29-31(7,8)25(2,3)4/h10-14,19-22,24H,9,15-17H2,1-8H3/t19-,20+,21+,22+,24+/m1/s1. The topological polar surface area (TPSA) is 35.5 Å². The Morgan fingerprint density at radius 2 is 1.84 bits per heavy atom. The van der Waals surface area contributed by atoms with Crippen molar-refractivity contribution in [2.75, 3.05) is 13.2 Å². The van der Waals surface area contributed by atoms with Crippen LogP contribution in [0.2, 0.25) is 18.1 Å². The van der Waals surface area contributed by atoms with Crippen molar-refractivity contribution in [2.45, 2.75) is 83.2 Å². The van der Waals surface area contributed by atoms with Gasteiger partial charge in [-0.15, -0.1) is 11.8 Å². The van der Waals surface area contributed by atoms with Crippen molar-refractivity contribution >= 4 is 25.9 Å². The van der Waals surface area contributed by atoms with E-state index in [-0.39, 0.29) is 10.8 Å². The monoisotopic (exact) mass is 462 g/mol. The molecule has 0 N–H and O–H groups in total. The van der Waals surface area contributed by atoms with E-state index in [1.165, 1.54) is 6.42 Å². The highest BCUT2D eigenvalue weighted by molar-refractivity contribution is 8.01. The summed E-state index contributed by atoms with van der Waals surface area (Å²) in [4.78, 5) is 13.2. The van der Waals surface area contributed by atoms with Crippen LogP contribution in [0.4, 0.5) is 0 Å². The molecule has 1 aromatic carbocycles. The van der Waals surface area contributed by atoms with Gasteiger partial charge in [-0.25, -0.2) is 0 Å². The van der Waals surface area contributed by atoms with Crippen LogP contribution in [-0.4, -0.2) is 38.0 Å². The van der Waals surface area contributed by atoms with E-state index in [0.29, 0.717) is 29.1 Å². The minimum Gasteiger partial charge on any atom is -0.416 e. The first-order chi connectivity index (χ1) is 14.4. The number of thioether (sulfide) groups is 1. The maximum Gasteiger partial charge on any atom is 0.201 e. The molecule has 1 aromatic rings. The first kappa shape index (κ1) is 25.0. The molecular formula is C26H42O3SSi. The molecule has 31 heavy (non-hydrogen) atoms. The fraction of sp³-hybridized carbons (Fsp3) is 0.731. The lowest BCUT2D eigenvalue weighted by atomic mass is 9.45. The molecule has 0 amide bonds. The van der Waals surface area contributed by atoms with Crippen LogP contribution in [0.15, 0.2) is 30.3 Å². The van der Waals surface area contributed by atoms with E-state index >= 15 is 0 Å². The molecule has 4 rings (SSSR count). The van der Waals surface area contributed by atoms with E-state index in [1.54, 1.807) is 11.8 Å². The number of fused-ring (bicyclic) bond motifs is 2. The number of rotatable bonds is 9. The van der Waals surface area contributed by atoms with Gasteiger partial charge in [-0.2, -0.15) is 0 Å². The van der Waals surface area contributed by atoms with Crippen molar-refractivity contribution in [3.05, 3.63) is 35.9 Å². The molecule has 0 spiro atoms. The van der Waals surface area contributed by atoms with E-state index in [0.717, 1.165) is 24.5 Å². The number of benzene rings is 1. The molecule has 3 aliphatic rings. The highest BCUT2D eigenvalue weighted by atomic mass is 32.2. The molecule has 3 fully saturated rings. The second kappa shape index (κ2) is 9.32. The highest BCUT2D eigenvalue weighted by Crippen LogP contribution is 2.63. The fourth-order valence-corrected chi connectivity index (χ4v) is 7.67. The Morgan fingerprint density at radius 3 is 2.39 bits per heavy atom. The molecule has 3 nitrogen and oxygen atoms in total. The van der Waals surface area contributed by atoms with Crippen LogP contribution in [0.5, 0.6) is 0 Å². The summed E-state index contributed by atoms with van der Waals surface area (Å²) < 4.78 is 12.7. The van der Waals surface area contributed by atoms with Crippen LogP contribution < -0.4 is 0 Å². The van der Waals surface area contributed by atoms with E-state index < -0.39 is 13.8 Å². The second-order valence-corrected chi connectivity index (χ2v) is 17.6. The van der Waals surface area contributed by atoms with Gasteiger partial charge < -0.3 is 9.16 Å². The smallest absolute Gasteiger partial charge is 0.201 e. The van der Waals surface area contributed by atoms with Crippen molar-refractivity contribution in [1.82, 2.24) is 0 Å². The Hall–Kier alpha value is -0.623. The van der Waals surface area contributed by atoms with Crippen molar-refractivity contribution in [3.8, 4) is 0 Å². The Kier molecular flexibility index (Phi) is 7.52. The molecule has 0 radical (unpaired) electrons. The zero-order valence-corrected chi connectivity index (χ0v) is 22.6. The maximum absolute atomic E-state index is 13.2. The van der Waals surface area contributed by atoms with Gasteiger partial charge >= 0.3 is 0 Å². The number of carbonyl (C=O) groups excluding carboxylic acids is 1. The van der Waals surface area contributed by atoms with Gasteiger partial charge in [0.15, 0.2) is 13.8 Å². The number of carbonyl (C=O) groups is 1. The minimum absolute atomic E-state index is 0.0926. The molecule has 0 unspecified atom stereocenters. The third-order valence-electron chi connectivity index (χ3n) is 8.39. The average molecular weight is 463 g/mol. The zero-order valence-electron chi connectivity index (χ0n) is 20.7. The first-order valence-corrected chi connectivity index (χ1v) is 15.7. The lowest BCUT2D eigenvalue weighted by Gasteiger charge is -2.63. The van der Waals surface area contributed by atoms with Gasteiger partial charge in [-0.05, 0) is 61.1 Å². The van der Waals surface area contributed by atoms with Crippen molar-refractivity contribution in [1.29, 1.82) is 0 Å². The van der Waals surface area contributed by atoms with Gasteiger partial charge in [0, 0.05) is 24.0 Å². The Bertz CT molecular complexity index is 756. The van der Waals surface area contributed by atoms with Crippen LogP contribution in [0.1, 0.15) is 64.7 Å². The number of Topliss-reactive ketones (excluding diaryl/α,β-unsaturated/α-hetero) is 1. The predicted octanol–water partition coefficient (Wildman–Crippen LogP) is 7.04. The molecule has 5 atom stereocenters. The van der Waals surface area contributed by atoms with Crippen LogP contribution in [0.25, 0.3) is 0 Å². The van der Waals surface area contributed by atoms with E-state index in [1.807, 2.05) is 37.3 Å². The van der Waals surface area contributed by atoms with E-state index in [4.69, 9.17) is 9.16 Å². The van der Waals surface area contributed by atoms with Crippen LogP contribution in [0.3, 0.4) is 0 Å². The minimum atomic E-state index is -1.81. The summed E-state index contributed by atoms with van der Waals surface area (Å²) in [5, 5.41) is 0.616. The Morgan fingerprint density at radius 1 is 1.19 bits per heavy atom. The zero-order chi connectivity index (χ0) is 23.0. The average Bonchev–Trinajstić information content (AvgIpc) is 2.71. The van der Waals surface area contributed by atoms with Crippen molar-refractivity contribution < 1.29 is 14.0 Å². The van der Waals surface area contributed by atoms with Gasteiger partial charge in [-0.1, -0.05) is 65.0 Å². The van der Waals surface area contributed by atoms with Crippen molar-refractivity contribution in [3.63, 3.8) is 0 Å². The summed E-state index contributed by atoms with van der Waals surface area (Å²) in [5.74, 6) is 1.98. The first-order valence-electron chi connectivity index (χ1n) is 11.9. The number of ether oxygens (including phenoxy) is 1. The third kappa shape index (κ3) is 5.15. The van der Waals surface area contributed by atoms with Crippen LogP contribution >= 0.6 is 11.8 Å². The Balaban J connectivity index is 1.77. The molecular weight excluding hydrogens is 420 g/mol. The molecule has 3 aliphatic carbocycles. The molecule has 0 aromatic heterocycles. The van der Waals surface area contributed by atoms with Gasteiger partial charge in [0.25, 0.3) is 0 Å². The quantitative estimate of drug-likeness (QED) is 0.224. The summed E-state index contributed by atoms with van der Waals surface area (Å²) in [7, 11) is -1.81. The van der Waals surface area contributed by atoms with Crippen LogP contribution in [-0.2, 0) is 9.16 Å². The van der Waals surface area contributed by atoms with Gasteiger partial charge in [-0.3, -0.25) is 4.79 Å². The summed E-state index contributed by atoms with van der Waals surface area (Å²) in [6, 6.07) is 9.59. The highest BCUT2D eigenvalue weighted by Gasteiger charge is 2.58. The molecule has 0 aliphatic heterocycles. The Labute approximate surface area is 195 Å². The number of ketones is 1. The molecule has 2 bridgehead atoms. The molecule has 174 valence electrons. The maximum atomic E-state index is 13.2. The summed E-state index contributed by atoms with van der Waals surface area (Å²) in [6.45, 7) is 19.8. The lowest BCUT2D eigenvalue weighted by Crippen LogP contribution is -2.59. The number of hydrogen-bond donors (Lipinski definition) is 0. The molecule has 3 saturated carbocycles. The lowest BCUT2D eigenvalue weighted by molar-refractivity contribution is -0.111. The van der Waals surface area contributed by atoms with Crippen LogP contribution in [0, 0.1) is 23.2 Å². The molecule has 0 heterocycles. The second-order valence-electron chi connectivity index (χ2n) is 11.5. The van der Waals surface area contributed by atoms with Gasteiger partial charge in [0.2, 0.25) is 5.78 Å². The molecule has 5 heteroatoms. The normalized spacial score (nSPS) is 28.6. The SMILES string of the molecule is CCO[C@@H](S[C@H]1C[C@H]2C[C@@H]([C@@H]1CO[Si](C)(C)C(C)(C)C)C2(C)C)C(=O)c1ccccc1. The molecule has 0 saturated heterocycles. The van der Waals surface area contributed by atoms with E-state index in [2.05, 4.69) is 47.7 Å². The van der Waals surface area contributed by atoms with Crippen molar-refractivity contribution in [2.24, 2.45) is 23.2 Å². The third-order valence-corrected chi connectivity index (χ3v) is 14.4. The summed E-state index contributed by atoms with van der Waals surface area (Å²) in [6.07, 6.45) is 2.47. The summed E-state index contributed by atoms with van der Waals surface area (Å²) >= 11 is 1.76. The fourth-order valence-electron chi connectivity index (χ4n) is 5.02. The van der Waals surface area contributed by atoms with Gasteiger partial charge in [0.1, 0.15) is 0 Å². The van der Waals surface area contributed by atoms with E-state index in [9.17, 15) is 4.79 Å². The summed E-state index contributed by atoms with van der Waals surface area (Å²) in [5.41, 5.74) is 0.681. The predicted molar refractivity (Wildman–Crippen MR) is 134 cm³/mol.